The van der Waals surface area contributed by atoms with Crippen molar-refractivity contribution in [3.8, 4) is 0 Å². The first-order valence-corrected chi connectivity index (χ1v) is 6.62. The van der Waals surface area contributed by atoms with Crippen molar-refractivity contribution >= 4 is 17.3 Å². The van der Waals surface area contributed by atoms with Gasteiger partial charge in [-0.05, 0) is 29.7 Å². The van der Waals surface area contributed by atoms with Crippen LogP contribution in [0, 0.1) is 0 Å². The molecule has 0 radical (unpaired) electrons. The van der Waals surface area contributed by atoms with Crippen molar-refractivity contribution in [3.63, 3.8) is 0 Å². The average Bonchev–Trinajstić information content (AvgIpc) is 2.46. The number of hydrogen-bond acceptors (Lipinski definition) is 3. The van der Waals surface area contributed by atoms with E-state index in [1.807, 2.05) is 18.2 Å². The smallest absolute Gasteiger partial charge is 0.250 e. The fraction of sp³-hybridized carbons (Fsp3) is 0.188. The molecule has 0 heterocycles. The van der Waals surface area contributed by atoms with Crippen LogP contribution < -0.4 is 16.8 Å². The number of hydrogen-bond donors (Lipinski definition) is 3. The molecule has 0 saturated carbocycles. The summed E-state index contributed by atoms with van der Waals surface area (Å²) in [5, 5.41) is 3.27. The molecular formula is C16H19N3O. The zero-order chi connectivity index (χ0) is 14.5. The Balaban J connectivity index is 2.19. The molecule has 0 spiro atoms. The molecule has 0 fully saturated rings. The predicted molar refractivity (Wildman–Crippen MR) is 82.5 cm³/mol. The molecule has 20 heavy (non-hydrogen) atoms. The van der Waals surface area contributed by atoms with E-state index >= 15 is 0 Å². The van der Waals surface area contributed by atoms with Crippen molar-refractivity contribution in [1.29, 1.82) is 0 Å². The van der Waals surface area contributed by atoms with Crippen molar-refractivity contribution in [3.05, 3.63) is 59.2 Å². The molecule has 0 atom stereocenters. The second kappa shape index (κ2) is 6.10. The number of rotatable bonds is 5. The first-order valence-electron chi connectivity index (χ1n) is 6.62. The van der Waals surface area contributed by atoms with Crippen molar-refractivity contribution in [2.75, 3.05) is 11.1 Å². The van der Waals surface area contributed by atoms with Crippen LogP contribution >= 0.6 is 0 Å². The summed E-state index contributed by atoms with van der Waals surface area (Å²) in [6.45, 7) is 2.79. The standard InChI is InChI=1S/C16H19N3O/c1-2-11-6-3-4-7-12(11)10-19-14-9-5-8-13(15(14)17)16(18)20/h3-9,19H,2,10,17H2,1H3,(H2,18,20). The Morgan fingerprint density at radius 1 is 1.10 bits per heavy atom. The van der Waals surface area contributed by atoms with E-state index in [0.717, 1.165) is 12.1 Å². The highest BCUT2D eigenvalue weighted by Gasteiger charge is 2.09. The molecular weight excluding hydrogens is 250 g/mol. The Morgan fingerprint density at radius 2 is 1.80 bits per heavy atom. The van der Waals surface area contributed by atoms with Gasteiger partial charge in [0.2, 0.25) is 0 Å². The summed E-state index contributed by atoms with van der Waals surface area (Å²) in [4.78, 5) is 11.3. The van der Waals surface area contributed by atoms with Crippen molar-refractivity contribution in [2.24, 2.45) is 5.73 Å². The van der Waals surface area contributed by atoms with Crippen LogP contribution in [0.3, 0.4) is 0 Å². The molecule has 0 saturated heterocycles. The monoisotopic (exact) mass is 269 g/mol. The number of nitrogens with one attached hydrogen (secondary N) is 1. The van der Waals surface area contributed by atoms with Gasteiger partial charge in [0.1, 0.15) is 0 Å². The summed E-state index contributed by atoms with van der Waals surface area (Å²) in [5.41, 5.74) is 15.2. The molecule has 2 aromatic carbocycles. The zero-order valence-corrected chi connectivity index (χ0v) is 11.5. The van der Waals surface area contributed by atoms with Gasteiger partial charge in [-0.15, -0.1) is 0 Å². The fourth-order valence-electron chi connectivity index (χ4n) is 2.20. The number of nitrogen functional groups attached to an aromatic ring is 1. The number of nitrogens with two attached hydrogens (primary N) is 2. The van der Waals surface area contributed by atoms with Gasteiger partial charge in [-0.3, -0.25) is 4.79 Å². The second-order valence-corrected chi connectivity index (χ2v) is 4.61. The molecule has 0 aliphatic heterocycles. The van der Waals surface area contributed by atoms with Crippen LogP contribution in [-0.4, -0.2) is 5.91 Å². The normalized spacial score (nSPS) is 10.2. The molecule has 4 nitrogen and oxygen atoms in total. The predicted octanol–water partition coefficient (Wildman–Crippen LogP) is 2.54. The Kier molecular flexibility index (Phi) is 4.25. The van der Waals surface area contributed by atoms with Crippen LogP contribution in [0.4, 0.5) is 11.4 Å². The molecule has 104 valence electrons. The van der Waals surface area contributed by atoms with E-state index in [1.54, 1.807) is 12.1 Å². The van der Waals surface area contributed by atoms with E-state index in [-0.39, 0.29) is 0 Å². The number of anilines is 2. The number of carbonyl (C=O) groups excluding carboxylic acids is 1. The van der Waals surface area contributed by atoms with Crippen molar-refractivity contribution in [2.45, 2.75) is 19.9 Å². The lowest BCUT2D eigenvalue weighted by Gasteiger charge is -2.13. The van der Waals surface area contributed by atoms with Gasteiger partial charge < -0.3 is 16.8 Å². The Hall–Kier alpha value is -2.49. The third kappa shape index (κ3) is 2.91. The van der Waals surface area contributed by atoms with Crippen molar-refractivity contribution in [1.82, 2.24) is 0 Å². The number of amides is 1. The summed E-state index contributed by atoms with van der Waals surface area (Å²) in [6.07, 6.45) is 0.981. The largest absolute Gasteiger partial charge is 0.396 e. The van der Waals surface area contributed by atoms with E-state index in [4.69, 9.17) is 11.5 Å². The van der Waals surface area contributed by atoms with E-state index in [9.17, 15) is 4.79 Å². The van der Waals surface area contributed by atoms with Crippen LogP contribution in [0.25, 0.3) is 0 Å². The van der Waals surface area contributed by atoms with E-state index in [1.165, 1.54) is 11.1 Å². The van der Waals surface area contributed by atoms with Gasteiger partial charge in [-0.2, -0.15) is 0 Å². The minimum absolute atomic E-state index is 0.346. The third-order valence-corrected chi connectivity index (χ3v) is 3.34. The maximum Gasteiger partial charge on any atom is 0.250 e. The minimum atomic E-state index is -0.514. The fourth-order valence-corrected chi connectivity index (χ4v) is 2.20. The summed E-state index contributed by atoms with van der Waals surface area (Å²) in [5.74, 6) is -0.514. The molecule has 2 aromatic rings. The number of carbonyl (C=O) groups is 1. The highest BCUT2D eigenvalue weighted by atomic mass is 16.1. The summed E-state index contributed by atoms with van der Waals surface area (Å²) in [6, 6.07) is 13.5. The molecule has 0 aliphatic carbocycles. The van der Waals surface area contributed by atoms with E-state index in [0.29, 0.717) is 17.8 Å². The maximum absolute atomic E-state index is 11.3. The summed E-state index contributed by atoms with van der Waals surface area (Å²) >= 11 is 0. The third-order valence-electron chi connectivity index (χ3n) is 3.34. The van der Waals surface area contributed by atoms with Crippen LogP contribution in [0.2, 0.25) is 0 Å². The highest BCUT2D eigenvalue weighted by Crippen LogP contribution is 2.23. The molecule has 0 aliphatic rings. The minimum Gasteiger partial charge on any atom is -0.396 e. The Morgan fingerprint density at radius 3 is 2.45 bits per heavy atom. The average molecular weight is 269 g/mol. The maximum atomic E-state index is 11.3. The lowest BCUT2D eigenvalue weighted by atomic mass is 10.0. The quantitative estimate of drug-likeness (QED) is 0.730. The van der Waals surface area contributed by atoms with Gasteiger partial charge in [0.25, 0.3) is 5.91 Å². The lowest BCUT2D eigenvalue weighted by Crippen LogP contribution is -2.15. The number of benzene rings is 2. The summed E-state index contributed by atoms with van der Waals surface area (Å²) < 4.78 is 0. The highest BCUT2D eigenvalue weighted by molar-refractivity contribution is 6.00. The van der Waals surface area contributed by atoms with E-state index in [2.05, 4.69) is 24.4 Å². The van der Waals surface area contributed by atoms with Gasteiger partial charge in [0.05, 0.1) is 16.9 Å². The first-order chi connectivity index (χ1) is 9.63. The Labute approximate surface area is 118 Å². The van der Waals surface area contributed by atoms with Crippen LogP contribution in [0.5, 0.6) is 0 Å². The number of aryl methyl sites for hydroxylation is 1. The van der Waals surface area contributed by atoms with E-state index < -0.39 is 5.91 Å². The SMILES string of the molecule is CCc1ccccc1CNc1cccc(C(N)=O)c1N. The molecule has 4 heteroatoms. The van der Waals surface area contributed by atoms with Crippen molar-refractivity contribution < 1.29 is 4.79 Å². The van der Waals surface area contributed by atoms with Gasteiger partial charge in [-0.1, -0.05) is 37.3 Å². The topological polar surface area (TPSA) is 81.1 Å². The molecule has 5 N–H and O–H groups in total. The number of primary amides is 1. The van der Waals surface area contributed by atoms with Crippen LogP contribution in [-0.2, 0) is 13.0 Å². The molecule has 1 amide bonds. The van der Waals surface area contributed by atoms with Gasteiger partial charge in [-0.25, -0.2) is 0 Å². The molecule has 0 unspecified atom stereocenters. The molecule has 0 bridgehead atoms. The first kappa shape index (κ1) is 13.9. The summed E-state index contributed by atoms with van der Waals surface area (Å²) in [7, 11) is 0. The van der Waals surface area contributed by atoms with Gasteiger partial charge >= 0.3 is 0 Å². The van der Waals surface area contributed by atoms with Crippen LogP contribution in [0.15, 0.2) is 42.5 Å². The number of para-hydroxylation sites is 1. The lowest BCUT2D eigenvalue weighted by molar-refractivity contribution is 0.100. The molecule has 0 aromatic heterocycles. The second-order valence-electron chi connectivity index (χ2n) is 4.61. The molecule has 2 rings (SSSR count). The van der Waals surface area contributed by atoms with Gasteiger partial charge in [0, 0.05) is 6.54 Å². The zero-order valence-electron chi connectivity index (χ0n) is 11.5. The Bertz CT molecular complexity index is 623. The van der Waals surface area contributed by atoms with Gasteiger partial charge in [0.15, 0.2) is 0 Å². The van der Waals surface area contributed by atoms with Crippen LogP contribution in [0.1, 0.15) is 28.4 Å².